The standard InChI is InChI=1S/C18H20N4O/c1-18(2)11-14-15(12-20-18)22(13-7-4-3-5-8-13)17(23)16-19-9-6-10-21(14)16/h3-9,20H,10-12H2,1-2H3. The molecule has 3 aliphatic heterocycles. The number of benzene rings is 1. The Kier molecular flexibility index (Phi) is 3.13. The normalized spacial score (nSPS) is 22.7. The number of hydrogen-bond acceptors (Lipinski definition) is 4. The molecule has 0 aliphatic carbocycles. The van der Waals surface area contributed by atoms with Crippen molar-refractivity contribution in [2.75, 3.05) is 18.0 Å². The van der Waals surface area contributed by atoms with E-state index in [0.29, 0.717) is 18.9 Å². The Morgan fingerprint density at radius 2 is 1.96 bits per heavy atom. The number of fused-ring (bicyclic) bond motifs is 2. The number of aliphatic imine (C=N–C) groups is 1. The van der Waals surface area contributed by atoms with E-state index in [9.17, 15) is 4.79 Å². The molecule has 1 aromatic rings. The van der Waals surface area contributed by atoms with Gasteiger partial charge in [0.1, 0.15) is 0 Å². The van der Waals surface area contributed by atoms with Crippen molar-refractivity contribution in [3.05, 3.63) is 54.0 Å². The fourth-order valence-electron chi connectivity index (χ4n) is 3.38. The molecule has 1 N–H and O–H groups in total. The maximum atomic E-state index is 13.0. The molecule has 23 heavy (non-hydrogen) atoms. The summed E-state index contributed by atoms with van der Waals surface area (Å²) in [5.74, 6) is 0.466. The molecule has 5 nitrogen and oxygen atoms in total. The molecule has 0 atom stereocenters. The second kappa shape index (κ2) is 5.06. The molecule has 0 saturated heterocycles. The number of para-hydroxylation sites is 1. The fourth-order valence-corrected chi connectivity index (χ4v) is 3.38. The Morgan fingerprint density at radius 1 is 1.17 bits per heavy atom. The Hall–Kier alpha value is -2.40. The predicted molar refractivity (Wildman–Crippen MR) is 90.9 cm³/mol. The molecule has 0 aromatic heterocycles. The molecule has 1 amide bonds. The zero-order valence-electron chi connectivity index (χ0n) is 13.4. The zero-order chi connectivity index (χ0) is 16.0. The molecule has 3 aliphatic rings. The maximum Gasteiger partial charge on any atom is 0.298 e. The van der Waals surface area contributed by atoms with Crippen LogP contribution in [0, 0.1) is 0 Å². The quantitative estimate of drug-likeness (QED) is 0.865. The van der Waals surface area contributed by atoms with Crippen LogP contribution in [0.25, 0.3) is 0 Å². The number of carbonyl (C=O) groups excluding carboxylic acids is 1. The molecule has 0 unspecified atom stereocenters. The molecule has 0 spiro atoms. The number of amides is 1. The third kappa shape index (κ3) is 2.28. The van der Waals surface area contributed by atoms with Crippen molar-refractivity contribution in [1.82, 2.24) is 10.2 Å². The fraction of sp³-hybridized carbons (Fsp3) is 0.333. The molecule has 118 valence electrons. The highest BCUT2D eigenvalue weighted by Gasteiger charge is 2.42. The summed E-state index contributed by atoms with van der Waals surface area (Å²) >= 11 is 0. The molecule has 1 aromatic carbocycles. The number of amidine groups is 1. The number of nitrogens with one attached hydrogen (secondary N) is 1. The van der Waals surface area contributed by atoms with E-state index in [1.54, 1.807) is 6.20 Å². The summed E-state index contributed by atoms with van der Waals surface area (Å²) in [6.45, 7) is 5.77. The van der Waals surface area contributed by atoms with E-state index < -0.39 is 0 Å². The first-order valence-corrected chi connectivity index (χ1v) is 7.94. The van der Waals surface area contributed by atoms with Crippen molar-refractivity contribution in [3.63, 3.8) is 0 Å². The van der Waals surface area contributed by atoms with Crippen LogP contribution in [0.5, 0.6) is 0 Å². The van der Waals surface area contributed by atoms with Crippen molar-refractivity contribution in [1.29, 1.82) is 0 Å². The van der Waals surface area contributed by atoms with Crippen molar-refractivity contribution < 1.29 is 4.79 Å². The van der Waals surface area contributed by atoms with Crippen LogP contribution in [-0.4, -0.2) is 35.3 Å². The Labute approximate surface area is 136 Å². The molecule has 4 rings (SSSR count). The van der Waals surface area contributed by atoms with Crippen molar-refractivity contribution in [3.8, 4) is 0 Å². The summed E-state index contributed by atoms with van der Waals surface area (Å²) in [6.07, 6.45) is 4.59. The van der Waals surface area contributed by atoms with E-state index in [2.05, 4.69) is 29.1 Å². The van der Waals surface area contributed by atoms with Gasteiger partial charge in [0.25, 0.3) is 5.91 Å². The van der Waals surface area contributed by atoms with Crippen LogP contribution in [0.3, 0.4) is 0 Å². The number of nitrogens with zero attached hydrogens (tertiary/aromatic N) is 3. The lowest BCUT2D eigenvalue weighted by molar-refractivity contribution is -0.113. The Balaban J connectivity index is 1.88. The minimum Gasteiger partial charge on any atom is -0.320 e. The minimum atomic E-state index is -0.0548. The number of carbonyl (C=O) groups is 1. The van der Waals surface area contributed by atoms with Gasteiger partial charge in [-0.3, -0.25) is 9.69 Å². The van der Waals surface area contributed by atoms with Crippen LogP contribution in [0.2, 0.25) is 0 Å². The van der Waals surface area contributed by atoms with Gasteiger partial charge in [-0.2, -0.15) is 0 Å². The maximum absolute atomic E-state index is 13.0. The van der Waals surface area contributed by atoms with E-state index in [1.165, 1.54) is 5.70 Å². The van der Waals surface area contributed by atoms with Gasteiger partial charge in [0, 0.05) is 42.6 Å². The summed E-state index contributed by atoms with van der Waals surface area (Å²) in [5.41, 5.74) is 3.13. The van der Waals surface area contributed by atoms with Gasteiger partial charge < -0.3 is 10.2 Å². The highest BCUT2D eigenvalue weighted by Crippen LogP contribution is 2.35. The molecule has 3 heterocycles. The van der Waals surface area contributed by atoms with Crippen molar-refractivity contribution in [2.45, 2.75) is 25.8 Å². The molecule has 0 radical (unpaired) electrons. The van der Waals surface area contributed by atoms with Gasteiger partial charge in [0.15, 0.2) is 5.84 Å². The molecule has 0 bridgehead atoms. The average molecular weight is 308 g/mol. The summed E-state index contributed by atoms with van der Waals surface area (Å²) in [6, 6.07) is 9.81. The monoisotopic (exact) mass is 308 g/mol. The van der Waals surface area contributed by atoms with Crippen LogP contribution < -0.4 is 10.2 Å². The molecule has 0 fully saturated rings. The summed E-state index contributed by atoms with van der Waals surface area (Å²) < 4.78 is 0. The highest BCUT2D eigenvalue weighted by molar-refractivity contribution is 6.45. The van der Waals surface area contributed by atoms with Gasteiger partial charge in [-0.25, -0.2) is 4.99 Å². The number of anilines is 1. The van der Waals surface area contributed by atoms with E-state index in [4.69, 9.17) is 0 Å². The SMILES string of the molecule is CC1(C)CC2=C(CN1)N(c1ccccc1)C(=O)C1=NC=CCN12. The van der Waals surface area contributed by atoms with E-state index in [-0.39, 0.29) is 11.4 Å². The van der Waals surface area contributed by atoms with Crippen LogP contribution in [-0.2, 0) is 4.79 Å². The largest absolute Gasteiger partial charge is 0.320 e. The first-order chi connectivity index (χ1) is 11.1. The molecule has 5 heteroatoms. The number of hydrogen-bond donors (Lipinski definition) is 1. The van der Waals surface area contributed by atoms with Gasteiger partial charge in [-0.15, -0.1) is 0 Å². The summed E-state index contributed by atoms with van der Waals surface area (Å²) in [7, 11) is 0. The second-order valence-corrected chi connectivity index (χ2v) is 6.73. The van der Waals surface area contributed by atoms with E-state index >= 15 is 0 Å². The average Bonchev–Trinajstić information content (AvgIpc) is 2.56. The van der Waals surface area contributed by atoms with Gasteiger partial charge >= 0.3 is 0 Å². The topological polar surface area (TPSA) is 47.9 Å². The summed E-state index contributed by atoms with van der Waals surface area (Å²) in [5, 5.41) is 3.54. The molecule has 0 saturated carbocycles. The molecular formula is C18H20N4O. The third-order valence-electron chi connectivity index (χ3n) is 4.53. The summed E-state index contributed by atoms with van der Waals surface area (Å²) in [4.78, 5) is 21.3. The first kappa shape index (κ1) is 14.2. The first-order valence-electron chi connectivity index (χ1n) is 7.94. The van der Waals surface area contributed by atoms with E-state index in [1.807, 2.05) is 41.3 Å². The van der Waals surface area contributed by atoms with Gasteiger partial charge in [-0.05, 0) is 32.1 Å². The smallest absolute Gasteiger partial charge is 0.298 e. The van der Waals surface area contributed by atoms with Crippen molar-refractivity contribution in [2.24, 2.45) is 4.99 Å². The third-order valence-corrected chi connectivity index (χ3v) is 4.53. The van der Waals surface area contributed by atoms with Crippen LogP contribution in [0.1, 0.15) is 20.3 Å². The Bertz CT molecular complexity index is 746. The lowest BCUT2D eigenvalue weighted by Gasteiger charge is -2.46. The van der Waals surface area contributed by atoms with Crippen molar-refractivity contribution >= 4 is 17.4 Å². The van der Waals surface area contributed by atoms with Crippen LogP contribution in [0.4, 0.5) is 5.69 Å². The van der Waals surface area contributed by atoms with Gasteiger partial charge in [0.2, 0.25) is 0 Å². The lowest BCUT2D eigenvalue weighted by atomic mass is 9.90. The predicted octanol–water partition coefficient (Wildman–Crippen LogP) is 2.24. The lowest BCUT2D eigenvalue weighted by Crippen LogP contribution is -2.58. The molecular weight excluding hydrogens is 288 g/mol. The van der Waals surface area contributed by atoms with Gasteiger partial charge in [0.05, 0.1) is 5.70 Å². The highest BCUT2D eigenvalue weighted by atomic mass is 16.2. The van der Waals surface area contributed by atoms with E-state index in [0.717, 1.165) is 17.8 Å². The van der Waals surface area contributed by atoms with Crippen LogP contribution in [0.15, 0.2) is 59.0 Å². The number of rotatable bonds is 1. The van der Waals surface area contributed by atoms with Gasteiger partial charge in [-0.1, -0.05) is 18.2 Å². The second-order valence-electron chi connectivity index (χ2n) is 6.73. The minimum absolute atomic E-state index is 0.00779. The van der Waals surface area contributed by atoms with Crippen LogP contribution >= 0.6 is 0 Å². The zero-order valence-corrected chi connectivity index (χ0v) is 13.4. The Morgan fingerprint density at radius 3 is 2.74 bits per heavy atom.